The molecule has 2 aliphatic heterocycles. The highest BCUT2D eigenvalue weighted by Gasteiger charge is 2.33. The Morgan fingerprint density at radius 2 is 1.62 bits per heavy atom. The molecule has 2 aliphatic rings. The first-order valence-corrected chi connectivity index (χ1v) is 15.2. The summed E-state index contributed by atoms with van der Waals surface area (Å²) in [7, 11) is -4.02. The van der Waals surface area contributed by atoms with E-state index in [1.54, 1.807) is 37.3 Å². The van der Waals surface area contributed by atoms with Crippen LogP contribution in [0.3, 0.4) is 0 Å². The highest BCUT2D eigenvalue weighted by Crippen LogP contribution is 2.42. The van der Waals surface area contributed by atoms with E-state index in [1.165, 1.54) is 17.0 Å². The highest BCUT2D eigenvalue weighted by atomic mass is 32.2. The minimum Gasteiger partial charge on any atom is -0.481 e. The van der Waals surface area contributed by atoms with E-state index in [2.05, 4.69) is 35.8 Å². The van der Waals surface area contributed by atoms with Crippen LogP contribution in [0.2, 0.25) is 0 Å². The van der Waals surface area contributed by atoms with Crippen LogP contribution in [0.5, 0.6) is 10.8 Å². The van der Waals surface area contributed by atoms with Crippen LogP contribution in [0, 0.1) is 26.2 Å². The molecule has 0 unspecified atom stereocenters. The molecule has 9 nitrogen and oxygen atoms in total. The summed E-state index contributed by atoms with van der Waals surface area (Å²) >= 11 is 1.65. The monoisotopic (exact) mass is 585 g/mol. The lowest BCUT2D eigenvalue weighted by atomic mass is 9.93. The number of aliphatic carboxylic acids is 1. The number of ether oxygens (including phenoxy) is 1. The van der Waals surface area contributed by atoms with Crippen molar-refractivity contribution in [3.05, 3.63) is 70.1 Å². The first-order valence-electron chi connectivity index (χ1n) is 13.0. The second kappa shape index (κ2) is 11.7. The van der Waals surface area contributed by atoms with Gasteiger partial charge in [-0.15, -0.1) is 11.3 Å². The quantitative estimate of drug-likeness (QED) is 0.384. The van der Waals surface area contributed by atoms with Gasteiger partial charge in [0.25, 0.3) is 10.1 Å². The van der Waals surface area contributed by atoms with Crippen molar-refractivity contribution >= 4 is 38.9 Å². The maximum atomic E-state index is 11.5. The molecule has 1 saturated heterocycles. The number of carboxylic acids is 1. The number of aryl methyl sites for hydroxylation is 3. The average molecular weight is 586 g/mol. The summed E-state index contributed by atoms with van der Waals surface area (Å²) in [5.41, 5.74) is 3.25. The van der Waals surface area contributed by atoms with E-state index in [0.29, 0.717) is 6.54 Å². The lowest BCUT2D eigenvalue weighted by Crippen LogP contribution is -2.51. The summed E-state index contributed by atoms with van der Waals surface area (Å²) in [6.45, 7) is 13.4. The van der Waals surface area contributed by atoms with Gasteiger partial charge in [0.1, 0.15) is 11.5 Å². The van der Waals surface area contributed by atoms with Gasteiger partial charge in [-0.3, -0.25) is 14.2 Å². The van der Waals surface area contributed by atoms with E-state index in [0.717, 1.165) is 65.2 Å². The van der Waals surface area contributed by atoms with Gasteiger partial charge in [0.05, 0.1) is 15.9 Å². The van der Waals surface area contributed by atoms with Gasteiger partial charge < -0.3 is 14.7 Å². The second-order valence-corrected chi connectivity index (χ2v) is 13.4. The zero-order valence-corrected chi connectivity index (χ0v) is 25.0. The molecule has 2 N–H and O–H groups in total. The van der Waals surface area contributed by atoms with Gasteiger partial charge in [0.15, 0.2) is 10.8 Å². The van der Waals surface area contributed by atoms with Crippen molar-refractivity contribution < 1.29 is 27.6 Å². The molecular formula is C29H35N3O6S2. The number of carboxylic acid groups (broad SMARTS) is 1. The molecular weight excluding hydrogens is 550 g/mol. The molecule has 0 radical (unpaired) electrons. The van der Waals surface area contributed by atoms with E-state index in [1.807, 2.05) is 19.1 Å². The topological polar surface area (TPSA) is 120 Å². The van der Waals surface area contributed by atoms with Gasteiger partial charge in [-0.2, -0.15) is 8.42 Å². The number of piperazine rings is 1. The van der Waals surface area contributed by atoms with Crippen molar-refractivity contribution in [2.75, 3.05) is 32.7 Å². The van der Waals surface area contributed by atoms with Crippen LogP contribution in [0.15, 0.2) is 58.4 Å². The second-order valence-electron chi connectivity index (χ2n) is 10.8. The Kier molecular flexibility index (Phi) is 8.69. The summed E-state index contributed by atoms with van der Waals surface area (Å²) in [4.78, 5) is 22.1. The fourth-order valence-electron chi connectivity index (χ4n) is 4.49. The van der Waals surface area contributed by atoms with E-state index >= 15 is 0 Å². The smallest absolute Gasteiger partial charge is 0.310 e. The number of carbonyl (C=O) groups is 1. The van der Waals surface area contributed by atoms with Crippen LogP contribution < -0.4 is 4.74 Å². The third-order valence-electron chi connectivity index (χ3n) is 6.79. The Morgan fingerprint density at radius 3 is 2.23 bits per heavy atom. The number of hydrogen-bond acceptors (Lipinski definition) is 8. The lowest BCUT2D eigenvalue weighted by Gasteiger charge is -2.38. The van der Waals surface area contributed by atoms with Crippen molar-refractivity contribution in [1.82, 2.24) is 9.80 Å². The molecule has 1 fully saturated rings. The standard InChI is InChI=1S/C22H27N3O3S.C7H8O3S/c1-14-5-6-17-18(11-14)28-20-16(12-15(2)29-20)19(23-17)25-9-7-24(8-10-25)13-22(3,4)21(26)27;1-6-2-4-7(5-3-6)11(8,9)10/h5-6,11-12H,7-10,13H2,1-4H3,(H,26,27);2-5H,1H3,(H,8,9,10). The van der Waals surface area contributed by atoms with E-state index in [9.17, 15) is 18.3 Å². The van der Waals surface area contributed by atoms with Crippen molar-refractivity contribution in [1.29, 1.82) is 0 Å². The van der Waals surface area contributed by atoms with E-state index < -0.39 is 21.5 Å². The van der Waals surface area contributed by atoms with Crippen LogP contribution in [-0.4, -0.2) is 72.4 Å². The molecule has 0 bridgehead atoms. The first kappa shape index (κ1) is 29.7. The molecule has 2 aromatic carbocycles. The Bertz CT molecular complexity index is 1520. The lowest BCUT2D eigenvalue weighted by molar-refractivity contribution is -0.148. The minimum absolute atomic E-state index is 0.0666. The Hall–Kier alpha value is -3.25. The Labute approximate surface area is 239 Å². The number of rotatable bonds is 4. The zero-order valence-electron chi connectivity index (χ0n) is 23.3. The van der Waals surface area contributed by atoms with Crippen molar-refractivity contribution in [2.24, 2.45) is 10.4 Å². The predicted octanol–water partition coefficient (Wildman–Crippen LogP) is 5.52. The first-order chi connectivity index (χ1) is 18.7. The summed E-state index contributed by atoms with van der Waals surface area (Å²) in [5.74, 6) is 0.990. The third-order valence-corrected chi connectivity index (χ3v) is 8.59. The van der Waals surface area contributed by atoms with Gasteiger partial charge in [-0.1, -0.05) is 23.8 Å². The number of aliphatic imine (C=N–C) groups is 1. The molecule has 0 aliphatic carbocycles. The average Bonchev–Trinajstić information content (AvgIpc) is 3.16. The molecule has 0 saturated carbocycles. The van der Waals surface area contributed by atoms with E-state index in [4.69, 9.17) is 14.3 Å². The van der Waals surface area contributed by atoms with Crippen molar-refractivity contribution in [3.63, 3.8) is 0 Å². The van der Waals surface area contributed by atoms with Gasteiger partial charge in [0.2, 0.25) is 0 Å². The SMILES string of the molecule is Cc1ccc(S(=O)(=O)O)cc1.Cc1ccc2c(c1)Oc1sc(C)cc1C(N1CCN(CC(C)(C)C(=O)O)CC1)=N2. The maximum Gasteiger partial charge on any atom is 0.310 e. The zero-order chi connectivity index (χ0) is 29.2. The van der Waals surface area contributed by atoms with Crippen LogP contribution in [0.25, 0.3) is 0 Å². The maximum absolute atomic E-state index is 11.5. The minimum atomic E-state index is -4.02. The summed E-state index contributed by atoms with van der Waals surface area (Å²) in [6.07, 6.45) is 0. The van der Waals surface area contributed by atoms with Gasteiger partial charge >= 0.3 is 5.97 Å². The molecule has 40 heavy (non-hydrogen) atoms. The summed E-state index contributed by atoms with van der Waals surface area (Å²) < 4.78 is 35.8. The van der Waals surface area contributed by atoms with Crippen LogP contribution in [0.1, 0.15) is 35.4 Å². The predicted molar refractivity (Wildman–Crippen MR) is 157 cm³/mol. The fraction of sp³-hybridized carbons (Fsp3) is 0.379. The number of nitrogens with zero attached hydrogens (tertiary/aromatic N) is 3. The molecule has 0 amide bonds. The molecule has 5 rings (SSSR count). The van der Waals surface area contributed by atoms with Crippen LogP contribution in [-0.2, 0) is 14.9 Å². The Morgan fingerprint density at radius 1 is 1.00 bits per heavy atom. The van der Waals surface area contributed by atoms with Crippen molar-refractivity contribution in [2.45, 2.75) is 39.5 Å². The normalized spacial score (nSPS) is 15.6. The summed E-state index contributed by atoms with van der Waals surface area (Å²) in [5, 5.41) is 10.3. The van der Waals surface area contributed by atoms with E-state index in [-0.39, 0.29) is 4.90 Å². The van der Waals surface area contributed by atoms with Crippen LogP contribution in [0.4, 0.5) is 5.69 Å². The van der Waals surface area contributed by atoms with Gasteiger partial charge in [-0.05, 0) is 70.5 Å². The highest BCUT2D eigenvalue weighted by molar-refractivity contribution is 7.85. The van der Waals surface area contributed by atoms with Crippen molar-refractivity contribution in [3.8, 4) is 10.8 Å². The number of thiophene rings is 1. The van der Waals surface area contributed by atoms with Gasteiger partial charge in [0, 0.05) is 37.6 Å². The molecule has 3 aromatic rings. The number of fused-ring (bicyclic) bond motifs is 2. The molecule has 11 heteroatoms. The fourth-order valence-corrected chi connectivity index (χ4v) is 5.83. The van der Waals surface area contributed by atoms with Gasteiger partial charge in [-0.25, -0.2) is 4.99 Å². The molecule has 214 valence electrons. The number of benzene rings is 2. The van der Waals surface area contributed by atoms with Crippen LogP contribution >= 0.6 is 11.3 Å². The summed E-state index contributed by atoms with van der Waals surface area (Å²) in [6, 6.07) is 14.2. The molecule has 3 heterocycles. The molecule has 1 aromatic heterocycles. The number of hydrogen-bond donors (Lipinski definition) is 2. The molecule has 0 spiro atoms. The number of amidine groups is 1. The Balaban J connectivity index is 0.000000283. The molecule has 0 atom stereocenters. The largest absolute Gasteiger partial charge is 0.481 e. The third kappa shape index (κ3) is 7.08.